The molecule has 0 saturated heterocycles. The molecule has 2 aliphatic rings. The number of aryl methyl sites for hydroxylation is 1. The standard InChI is InChI=1S/C26H40N5/c1-18(12-15-31-17-30(6)24-23(31)21(27)16-28-29-24)8-10-20-19(2)9-11-22-25(3,4)13-7-14-26(20,22)5/h12,16-17,20,22H,2,7-11,13-15H2,1,3-6H3,(H2,27,29)/q+1. The highest BCUT2D eigenvalue weighted by Gasteiger charge is 2.52. The molecular formula is C26H40N5+. The van der Waals surface area contributed by atoms with Crippen LogP contribution < -0.4 is 10.3 Å². The largest absolute Gasteiger partial charge is 0.394 e. The Hall–Kier alpha value is -2.17. The first-order valence-corrected chi connectivity index (χ1v) is 11.9. The lowest BCUT2D eigenvalue weighted by Gasteiger charge is -2.58. The van der Waals surface area contributed by atoms with Crippen molar-refractivity contribution < 1.29 is 4.57 Å². The van der Waals surface area contributed by atoms with Crippen LogP contribution in [0.2, 0.25) is 0 Å². The highest BCUT2D eigenvalue weighted by atomic mass is 15.2. The van der Waals surface area contributed by atoms with Gasteiger partial charge in [-0.3, -0.25) is 4.57 Å². The summed E-state index contributed by atoms with van der Waals surface area (Å²) in [6.07, 6.45) is 15.0. The summed E-state index contributed by atoms with van der Waals surface area (Å²) >= 11 is 0. The third-order valence-corrected chi connectivity index (χ3v) is 8.55. The van der Waals surface area contributed by atoms with Gasteiger partial charge in [0.25, 0.3) is 0 Å². The molecule has 2 N–H and O–H groups in total. The second kappa shape index (κ2) is 8.07. The first-order valence-electron chi connectivity index (χ1n) is 11.9. The number of allylic oxidation sites excluding steroid dienone is 3. The Kier molecular flexibility index (Phi) is 5.74. The van der Waals surface area contributed by atoms with E-state index in [4.69, 9.17) is 5.73 Å². The molecule has 2 aromatic heterocycles. The fraction of sp³-hybridized carbons (Fsp3) is 0.654. The van der Waals surface area contributed by atoms with Crippen LogP contribution in [0, 0.1) is 22.7 Å². The van der Waals surface area contributed by atoms with Gasteiger partial charge in [0.05, 0.1) is 19.8 Å². The summed E-state index contributed by atoms with van der Waals surface area (Å²) in [5.41, 5.74) is 12.5. The zero-order valence-electron chi connectivity index (χ0n) is 20.1. The second-order valence-electron chi connectivity index (χ2n) is 11.1. The molecule has 3 atom stereocenters. The van der Waals surface area contributed by atoms with E-state index in [9.17, 15) is 0 Å². The Balaban J connectivity index is 1.47. The van der Waals surface area contributed by atoms with E-state index in [1.54, 1.807) is 6.20 Å². The van der Waals surface area contributed by atoms with Crippen LogP contribution in [-0.4, -0.2) is 14.8 Å². The summed E-state index contributed by atoms with van der Waals surface area (Å²) in [5, 5.41) is 8.22. The molecule has 2 fully saturated rings. The molecule has 5 nitrogen and oxygen atoms in total. The van der Waals surface area contributed by atoms with Crippen molar-refractivity contribution in [1.29, 1.82) is 0 Å². The third-order valence-electron chi connectivity index (χ3n) is 8.55. The van der Waals surface area contributed by atoms with Crippen molar-refractivity contribution in [3.8, 4) is 0 Å². The maximum absolute atomic E-state index is 6.18. The number of nitrogen functional groups attached to an aromatic ring is 1. The van der Waals surface area contributed by atoms with E-state index in [1.165, 1.54) is 49.7 Å². The Morgan fingerprint density at radius 2 is 2.13 bits per heavy atom. The van der Waals surface area contributed by atoms with Gasteiger partial charge in [-0.2, -0.15) is 0 Å². The third kappa shape index (κ3) is 3.92. The van der Waals surface area contributed by atoms with Gasteiger partial charge in [0.1, 0.15) is 5.69 Å². The summed E-state index contributed by atoms with van der Waals surface area (Å²) in [6, 6.07) is 0. The van der Waals surface area contributed by atoms with Crippen molar-refractivity contribution in [2.45, 2.75) is 79.2 Å². The normalized spacial score (nSPS) is 28.7. The first kappa shape index (κ1) is 22.0. The number of anilines is 1. The highest BCUT2D eigenvalue weighted by Crippen LogP contribution is 2.61. The van der Waals surface area contributed by atoms with Crippen molar-refractivity contribution in [3.05, 3.63) is 36.3 Å². The molecular weight excluding hydrogens is 382 g/mol. The van der Waals surface area contributed by atoms with Gasteiger partial charge in [-0.25, -0.2) is 4.57 Å². The quantitative estimate of drug-likeness (QED) is 0.521. The van der Waals surface area contributed by atoms with Crippen LogP contribution in [0.25, 0.3) is 11.2 Å². The summed E-state index contributed by atoms with van der Waals surface area (Å²) in [5.74, 6) is 1.47. The lowest BCUT2D eigenvalue weighted by atomic mass is 9.47. The predicted octanol–water partition coefficient (Wildman–Crippen LogP) is 5.36. The Bertz CT molecular complexity index is 1010. The van der Waals surface area contributed by atoms with Crippen molar-refractivity contribution in [3.63, 3.8) is 0 Å². The number of fused-ring (bicyclic) bond motifs is 2. The molecule has 5 heteroatoms. The summed E-state index contributed by atoms with van der Waals surface area (Å²) in [7, 11) is 1.99. The molecule has 4 rings (SSSR count). The van der Waals surface area contributed by atoms with Gasteiger partial charge in [-0.1, -0.05) is 56.1 Å². The van der Waals surface area contributed by atoms with Crippen LogP contribution in [0.4, 0.5) is 5.69 Å². The Morgan fingerprint density at radius 3 is 2.90 bits per heavy atom. The van der Waals surface area contributed by atoms with E-state index in [1.807, 2.05) is 11.6 Å². The summed E-state index contributed by atoms with van der Waals surface area (Å²) < 4.78 is 4.16. The van der Waals surface area contributed by atoms with Crippen molar-refractivity contribution in [2.24, 2.45) is 29.7 Å². The number of nitrogens with zero attached hydrogens (tertiary/aromatic N) is 4. The number of aromatic nitrogens is 4. The lowest BCUT2D eigenvalue weighted by Crippen LogP contribution is -2.49. The smallest absolute Gasteiger partial charge is 0.329 e. The maximum atomic E-state index is 6.18. The van der Waals surface area contributed by atoms with Crippen molar-refractivity contribution >= 4 is 16.9 Å². The zero-order chi connectivity index (χ0) is 22.4. The minimum Gasteiger partial charge on any atom is -0.394 e. The predicted molar refractivity (Wildman–Crippen MR) is 127 cm³/mol. The molecule has 31 heavy (non-hydrogen) atoms. The topological polar surface area (TPSA) is 60.6 Å². The van der Waals surface area contributed by atoms with E-state index in [2.05, 4.69) is 61.4 Å². The number of nitrogens with two attached hydrogens (primary N) is 1. The molecule has 0 aromatic carbocycles. The zero-order valence-corrected chi connectivity index (χ0v) is 20.1. The molecule has 2 aromatic rings. The number of imidazole rings is 1. The van der Waals surface area contributed by atoms with E-state index in [0.717, 1.165) is 30.0 Å². The molecule has 3 unspecified atom stereocenters. The van der Waals surface area contributed by atoms with Crippen LogP contribution in [0.3, 0.4) is 0 Å². The lowest BCUT2D eigenvalue weighted by molar-refractivity contribution is -0.647. The summed E-state index contributed by atoms with van der Waals surface area (Å²) in [4.78, 5) is 0. The minimum absolute atomic E-state index is 0.412. The van der Waals surface area contributed by atoms with Crippen LogP contribution in [0.15, 0.2) is 36.3 Å². The van der Waals surface area contributed by atoms with Gasteiger partial charge >= 0.3 is 5.65 Å². The van der Waals surface area contributed by atoms with Crippen LogP contribution >= 0.6 is 0 Å². The van der Waals surface area contributed by atoms with Crippen LogP contribution in [0.1, 0.15) is 72.6 Å². The van der Waals surface area contributed by atoms with Gasteiger partial charge in [-0.15, -0.1) is 0 Å². The monoisotopic (exact) mass is 422 g/mol. The van der Waals surface area contributed by atoms with E-state index < -0.39 is 0 Å². The van der Waals surface area contributed by atoms with E-state index in [0.29, 0.717) is 22.4 Å². The minimum atomic E-state index is 0.412. The van der Waals surface area contributed by atoms with Crippen molar-refractivity contribution in [1.82, 2.24) is 14.8 Å². The van der Waals surface area contributed by atoms with E-state index >= 15 is 0 Å². The van der Waals surface area contributed by atoms with Gasteiger partial charge < -0.3 is 5.73 Å². The molecule has 0 amide bonds. The molecule has 0 radical (unpaired) electrons. The molecule has 0 aliphatic heterocycles. The number of hydrogen-bond acceptors (Lipinski definition) is 3. The number of rotatable bonds is 5. The maximum Gasteiger partial charge on any atom is 0.329 e. The van der Waals surface area contributed by atoms with E-state index in [-0.39, 0.29) is 0 Å². The molecule has 2 aliphatic carbocycles. The average Bonchev–Trinajstić information content (AvgIpc) is 3.02. The van der Waals surface area contributed by atoms with Gasteiger partial charge in [0.2, 0.25) is 5.52 Å². The van der Waals surface area contributed by atoms with Crippen molar-refractivity contribution in [2.75, 3.05) is 5.73 Å². The number of hydrogen-bond donors (Lipinski definition) is 1. The van der Waals surface area contributed by atoms with Crippen LogP contribution in [-0.2, 0) is 13.6 Å². The molecule has 168 valence electrons. The molecule has 2 heterocycles. The molecule has 0 bridgehead atoms. The fourth-order valence-corrected chi connectivity index (χ4v) is 6.91. The molecule has 0 spiro atoms. The first-order chi connectivity index (χ1) is 14.6. The van der Waals surface area contributed by atoms with Gasteiger partial charge in [-0.05, 0) is 68.1 Å². The summed E-state index contributed by atoms with van der Waals surface area (Å²) in [6.45, 7) is 15.2. The Labute approximate surface area is 187 Å². The SMILES string of the molecule is C=C1CCC2C(C)(C)CCCC2(C)C1CCC(C)=CCn1c[n+](C)c2nncc(N)c21. The highest BCUT2D eigenvalue weighted by molar-refractivity contribution is 5.80. The second-order valence-corrected chi connectivity index (χ2v) is 11.1. The van der Waals surface area contributed by atoms with Crippen LogP contribution in [0.5, 0.6) is 0 Å². The Morgan fingerprint density at radius 1 is 1.35 bits per heavy atom. The average molecular weight is 423 g/mol. The van der Waals surface area contributed by atoms with Gasteiger partial charge in [0.15, 0.2) is 6.33 Å². The molecule has 2 saturated carbocycles. The van der Waals surface area contributed by atoms with Gasteiger partial charge in [0, 0.05) is 5.10 Å². The fourth-order valence-electron chi connectivity index (χ4n) is 6.91.